The van der Waals surface area contributed by atoms with Gasteiger partial charge in [-0.2, -0.15) is 0 Å². The van der Waals surface area contributed by atoms with Crippen LogP contribution in [0, 0.1) is 0 Å². The third-order valence-corrected chi connectivity index (χ3v) is 3.19. The van der Waals surface area contributed by atoms with Crippen LogP contribution in [-0.2, 0) is 9.59 Å². The SMILES string of the molecule is CCN(CC(=O)NC)CC(C(=O)NN)c1ccccc1. The summed E-state index contributed by atoms with van der Waals surface area (Å²) in [5.41, 5.74) is 3.07. The standard InChI is InChI=1S/C14H22N4O2/c1-3-18(10-13(19)16-2)9-12(14(20)17-15)11-7-5-4-6-8-11/h4-8,12H,3,9-10,15H2,1-2H3,(H,16,19)(H,17,20). The van der Waals surface area contributed by atoms with Crippen LogP contribution in [0.4, 0.5) is 0 Å². The highest BCUT2D eigenvalue weighted by Crippen LogP contribution is 2.17. The van der Waals surface area contributed by atoms with Crippen molar-refractivity contribution in [2.24, 2.45) is 5.84 Å². The normalized spacial score (nSPS) is 12.0. The molecule has 0 fully saturated rings. The van der Waals surface area contributed by atoms with E-state index in [4.69, 9.17) is 5.84 Å². The second kappa shape index (κ2) is 8.29. The minimum absolute atomic E-state index is 0.0770. The minimum atomic E-state index is -0.397. The Morgan fingerprint density at radius 2 is 1.95 bits per heavy atom. The number of nitrogens with two attached hydrogens (primary N) is 1. The summed E-state index contributed by atoms with van der Waals surface area (Å²) in [7, 11) is 1.59. The summed E-state index contributed by atoms with van der Waals surface area (Å²) in [5, 5.41) is 2.58. The molecule has 0 saturated heterocycles. The summed E-state index contributed by atoms with van der Waals surface area (Å²) in [6.45, 7) is 3.32. The van der Waals surface area contributed by atoms with E-state index in [0.29, 0.717) is 13.1 Å². The van der Waals surface area contributed by atoms with E-state index in [9.17, 15) is 9.59 Å². The van der Waals surface area contributed by atoms with Crippen molar-refractivity contribution in [3.63, 3.8) is 0 Å². The molecule has 0 aliphatic heterocycles. The number of amides is 2. The Bertz CT molecular complexity index is 436. The zero-order chi connectivity index (χ0) is 15.0. The lowest BCUT2D eigenvalue weighted by atomic mass is 9.97. The molecule has 0 aromatic heterocycles. The molecule has 0 heterocycles. The molecule has 6 nitrogen and oxygen atoms in total. The lowest BCUT2D eigenvalue weighted by molar-refractivity contribution is -0.125. The van der Waals surface area contributed by atoms with Crippen molar-refractivity contribution in [3.8, 4) is 0 Å². The third-order valence-electron chi connectivity index (χ3n) is 3.19. The van der Waals surface area contributed by atoms with Gasteiger partial charge >= 0.3 is 0 Å². The Kier molecular flexibility index (Phi) is 6.69. The first-order chi connectivity index (χ1) is 9.62. The molecule has 110 valence electrons. The second-order valence-corrected chi connectivity index (χ2v) is 4.47. The van der Waals surface area contributed by atoms with E-state index >= 15 is 0 Å². The van der Waals surface area contributed by atoms with E-state index in [1.165, 1.54) is 0 Å². The van der Waals surface area contributed by atoms with Crippen LogP contribution in [0.25, 0.3) is 0 Å². The van der Waals surface area contributed by atoms with Crippen molar-refractivity contribution in [1.82, 2.24) is 15.6 Å². The molecule has 20 heavy (non-hydrogen) atoms. The number of benzene rings is 1. The van der Waals surface area contributed by atoms with E-state index in [1.54, 1.807) is 7.05 Å². The molecule has 0 bridgehead atoms. The molecule has 4 N–H and O–H groups in total. The van der Waals surface area contributed by atoms with Crippen LogP contribution in [0.2, 0.25) is 0 Å². The average Bonchev–Trinajstić information content (AvgIpc) is 2.51. The highest BCUT2D eigenvalue weighted by atomic mass is 16.2. The number of likely N-dealkylation sites (N-methyl/N-ethyl adjacent to an activating group) is 2. The molecule has 1 aromatic rings. The van der Waals surface area contributed by atoms with Gasteiger partial charge in [-0.05, 0) is 12.1 Å². The van der Waals surface area contributed by atoms with Crippen LogP contribution >= 0.6 is 0 Å². The zero-order valence-electron chi connectivity index (χ0n) is 11.9. The van der Waals surface area contributed by atoms with Crippen molar-refractivity contribution >= 4 is 11.8 Å². The predicted octanol–water partition coefficient (Wildman–Crippen LogP) is -0.172. The first-order valence-electron chi connectivity index (χ1n) is 6.60. The minimum Gasteiger partial charge on any atom is -0.358 e. The van der Waals surface area contributed by atoms with Crippen molar-refractivity contribution in [2.75, 3.05) is 26.7 Å². The van der Waals surface area contributed by atoms with Crippen LogP contribution in [0.3, 0.4) is 0 Å². The Hall–Kier alpha value is -1.92. The quantitative estimate of drug-likeness (QED) is 0.367. The van der Waals surface area contributed by atoms with Gasteiger partial charge in [-0.15, -0.1) is 0 Å². The highest BCUT2D eigenvalue weighted by molar-refractivity contribution is 5.83. The van der Waals surface area contributed by atoms with E-state index in [0.717, 1.165) is 5.56 Å². The summed E-state index contributed by atoms with van der Waals surface area (Å²) in [6, 6.07) is 9.41. The Labute approximate surface area is 119 Å². The fraction of sp³-hybridized carbons (Fsp3) is 0.429. The number of carbonyl (C=O) groups excluding carboxylic acids is 2. The summed E-state index contributed by atoms with van der Waals surface area (Å²) in [5.74, 6) is 4.53. The van der Waals surface area contributed by atoms with Crippen molar-refractivity contribution < 1.29 is 9.59 Å². The van der Waals surface area contributed by atoms with Crippen molar-refractivity contribution in [1.29, 1.82) is 0 Å². The molecule has 6 heteroatoms. The zero-order valence-corrected chi connectivity index (χ0v) is 11.9. The van der Waals surface area contributed by atoms with Gasteiger partial charge < -0.3 is 5.32 Å². The predicted molar refractivity (Wildman–Crippen MR) is 77.7 cm³/mol. The number of nitrogens with one attached hydrogen (secondary N) is 2. The number of hydrazine groups is 1. The maximum absolute atomic E-state index is 12.0. The summed E-state index contributed by atoms with van der Waals surface area (Å²) < 4.78 is 0. The van der Waals surface area contributed by atoms with Gasteiger partial charge in [0.1, 0.15) is 0 Å². The molecule has 2 amide bonds. The first kappa shape index (κ1) is 16.1. The van der Waals surface area contributed by atoms with Crippen molar-refractivity contribution in [2.45, 2.75) is 12.8 Å². The molecule has 1 unspecified atom stereocenters. The maximum atomic E-state index is 12.0. The molecule has 0 aliphatic carbocycles. The Morgan fingerprint density at radius 1 is 1.30 bits per heavy atom. The van der Waals surface area contributed by atoms with Gasteiger partial charge in [0.05, 0.1) is 12.5 Å². The molecule has 0 saturated carbocycles. The van der Waals surface area contributed by atoms with Gasteiger partial charge in [-0.25, -0.2) is 5.84 Å². The summed E-state index contributed by atoms with van der Waals surface area (Å²) in [4.78, 5) is 25.3. The molecular weight excluding hydrogens is 256 g/mol. The molecule has 0 radical (unpaired) electrons. The fourth-order valence-electron chi connectivity index (χ4n) is 1.97. The van der Waals surface area contributed by atoms with Gasteiger partial charge in [-0.3, -0.25) is 19.9 Å². The molecule has 1 aromatic carbocycles. The number of carbonyl (C=O) groups is 2. The largest absolute Gasteiger partial charge is 0.358 e. The Balaban J connectivity index is 2.84. The third kappa shape index (κ3) is 4.64. The van der Waals surface area contributed by atoms with E-state index in [2.05, 4.69) is 10.7 Å². The van der Waals surface area contributed by atoms with Crippen molar-refractivity contribution in [3.05, 3.63) is 35.9 Å². The lowest BCUT2D eigenvalue weighted by Gasteiger charge is -2.25. The topological polar surface area (TPSA) is 87.5 Å². The van der Waals surface area contributed by atoms with E-state index < -0.39 is 5.92 Å². The number of rotatable bonds is 7. The van der Waals surface area contributed by atoms with Crippen LogP contribution in [-0.4, -0.2) is 43.4 Å². The van der Waals surface area contributed by atoms with Gasteiger partial charge in [-0.1, -0.05) is 37.3 Å². The summed E-state index contributed by atoms with van der Waals surface area (Å²) in [6.07, 6.45) is 0. The van der Waals surface area contributed by atoms with Gasteiger partial charge in [0, 0.05) is 13.6 Å². The van der Waals surface area contributed by atoms with Crippen LogP contribution < -0.4 is 16.6 Å². The number of nitrogens with zero attached hydrogens (tertiary/aromatic N) is 1. The monoisotopic (exact) mass is 278 g/mol. The molecule has 1 atom stereocenters. The van der Waals surface area contributed by atoms with Crippen LogP contribution in [0.1, 0.15) is 18.4 Å². The molecule has 1 rings (SSSR count). The van der Waals surface area contributed by atoms with E-state index in [1.807, 2.05) is 42.2 Å². The van der Waals surface area contributed by atoms with Crippen LogP contribution in [0.5, 0.6) is 0 Å². The number of hydrogen-bond donors (Lipinski definition) is 3. The lowest BCUT2D eigenvalue weighted by Crippen LogP contribution is -2.43. The fourth-order valence-corrected chi connectivity index (χ4v) is 1.97. The van der Waals surface area contributed by atoms with Gasteiger partial charge in [0.15, 0.2) is 0 Å². The summed E-state index contributed by atoms with van der Waals surface area (Å²) >= 11 is 0. The molecule has 0 aliphatic rings. The van der Waals surface area contributed by atoms with Gasteiger partial charge in [0.2, 0.25) is 11.8 Å². The highest BCUT2D eigenvalue weighted by Gasteiger charge is 2.23. The average molecular weight is 278 g/mol. The van der Waals surface area contributed by atoms with E-state index in [-0.39, 0.29) is 18.4 Å². The Morgan fingerprint density at radius 3 is 2.45 bits per heavy atom. The second-order valence-electron chi connectivity index (χ2n) is 4.47. The smallest absolute Gasteiger partial charge is 0.242 e. The molecule has 0 spiro atoms. The van der Waals surface area contributed by atoms with Crippen LogP contribution in [0.15, 0.2) is 30.3 Å². The first-order valence-corrected chi connectivity index (χ1v) is 6.60. The molecular formula is C14H22N4O2. The van der Waals surface area contributed by atoms with Gasteiger partial charge in [0.25, 0.3) is 0 Å². The maximum Gasteiger partial charge on any atom is 0.242 e. The number of hydrogen-bond acceptors (Lipinski definition) is 4.